The molecule has 0 radical (unpaired) electrons. The molecule has 1 aliphatic heterocycles. The molecular formula is C19H18N2O2S. The van der Waals surface area contributed by atoms with Crippen molar-refractivity contribution in [3.05, 3.63) is 66.7 Å². The van der Waals surface area contributed by atoms with Gasteiger partial charge in [-0.2, -0.15) is 0 Å². The Labute approximate surface area is 142 Å². The lowest BCUT2D eigenvalue weighted by molar-refractivity contribution is 0.593. The largest absolute Gasteiger partial charge is 0.373 e. The minimum atomic E-state index is -3.47. The third kappa shape index (κ3) is 2.24. The highest BCUT2D eigenvalue weighted by atomic mass is 32.2. The van der Waals surface area contributed by atoms with E-state index in [9.17, 15) is 8.42 Å². The average Bonchev–Trinajstić information content (AvgIpc) is 2.83. The Hall–Kier alpha value is -2.53. The fourth-order valence-corrected chi connectivity index (χ4v) is 4.95. The molecule has 0 amide bonds. The number of sulfonamides is 1. The first-order valence-corrected chi connectivity index (χ1v) is 9.34. The van der Waals surface area contributed by atoms with Crippen LogP contribution in [-0.4, -0.2) is 28.6 Å². The third-order valence-corrected chi connectivity index (χ3v) is 6.37. The van der Waals surface area contributed by atoms with Crippen LogP contribution >= 0.6 is 0 Å². The Morgan fingerprint density at radius 2 is 1.62 bits per heavy atom. The number of anilines is 2. The molecule has 4 nitrogen and oxygen atoms in total. The van der Waals surface area contributed by atoms with Gasteiger partial charge in [-0.1, -0.05) is 42.5 Å². The SMILES string of the molecule is CN(CCN1c2cccc3cccc(c23)S1(=O)=O)c1ccccc1. The Kier molecular flexibility index (Phi) is 3.46. The standard InChI is InChI=1S/C19H18N2O2S/c1-20(16-9-3-2-4-10-16)13-14-21-17-11-5-7-15-8-6-12-18(19(15)17)24(21,22)23/h2-12H,13-14H2,1H3. The van der Waals surface area contributed by atoms with Crippen LogP contribution in [0.1, 0.15) is 0 Å². The second-order valence-corrected chi connectivity index (χ2v) is 7.80. The second kappa shape index (κ2) is 5.53. The van der Waals surface area contributed by atoms with Crippen molar-refractivity contribution in [2.24, 2.45) is 0 Å². The molecule has 0 saturated carbocycles. The van der Waals surface area contributed by atoms with Crippen molar-refractivity contribution >= 4 is 32.2 Å². The van der Waals surface area contributed by atoms with E-state index in [-0.39, 0.29) is 0 Å². The molecule has 0 bridgehead atoms. The smallest absolute Gasteiger partial charge is 0.265 e. The normalized spacial score (nSPS) is 15.0. The van der Waals surface area contributed by atoms with E-state index >= 15 is 0 Å². The van der Waals surface area contributed by atoms with Crippen LogP contribution in [0.2, 0.25) is 0 Å². The number of likely N-dealkylation sites (N-methyl/N-ethyl adjacent to an activating group) is 1. The number of hydrogen-bond donors (Lipinski definition) is 0. The van der Waals surface area contributed by atoms with Crippen LogP contribution in [0, 0.1) is 0 Å². The molecule has 0 unspecified atom stereocenters. The van der Waals surface area contributed by atoms with Crippen molar-refractivity contribution in [1.82, 2.24) is 0 Å². The number of nitrogens with zero attached hydrogens (tertiary/aromatic N) is 2. The quantitative estimate of drug-likeness (QED) is 0.731. The van der Waals surface area contributed by atoms with E-state index in [0.717, 1.165) is 22.1 Å². The van der Waals surface area contributed by atoms with Gasteiger partial charge in [-0.25, -0.2) is 8.42 Å². The molecule has 3 aromatic rings. The molecular weight excluding hydrogens is 320 g/mol. The molecule has 24 heavy (non-hydrogen) atoms. The lowest BCUT2D eigenvalue weighted by atomic mass is 10.1. The van der Waals surface area contributed by atoms with Gasteiger partial charge in [0.15, 0.2) is 0 Å². The highest BCUT2D eigenvalue weighted by molar-refractivity contribution is 7.93. The summed E-state index contributed by atoms with van der Waals surface area (Å²) in [6.07, 6.45) is 0. The summed E-state index contributed by atoms with van der Waals surface area (Å²) < 4.78 is 27.4. The highest BCUT2D eigenvalue weighted by Crippen LogP contribution is 2.41. The molecule has 0 aliphatic carbocycles. The lowest BCUT2D eigenvalue weighted by Gasteiger charge is -2.24. The summed E-state index contributed by atoms with van der Waals surface area (Å²) in [7, 11) is -1.49. The maximum atomic E-state index is 12.9. The molecule has 0 N–H and O–H groups in total. The number of hydrogen-bond acceptors (Lipinski definition) is 3. The van der Waals surface area contributed by atoms with Crippen LogP contribution in [0.4, 0.5) is 11.4 Å². The van der Waals surface area contributed by atoms with Crippen molar-refractivity contribution in [2.45, 2.75) is 4.90 Å². The minimum absolute atomic E-state index is 0.415. The minimum Gasteiger partial charge on any atom is -0.373 e. The molecule has 3 aromatic carbocycles. The zero-order chi connectivity index (χ0) is 16.7. The van der Waals surface area contributed by atoms with Crippen LogP contribution in [0.15, 0.2) is 71.6 Å². The van der Waals surface area contributed by atoms with Crippen LogP contribution in [0.5, 0.6) is 0 Å². The van der Waals surface area contributed by atoms with Crippen LogP contribution in [-0.2, 0) is 10.0 Å². The lowest BCUT2D eigenvalue weighted by Crippen LogP contribution is -2.35. The van der Waals surface area contributed by atoms with Crippen molar-refractivity contribution in [2.75, 3.05) is 29.3 Å². The Morgan fingerprint density at radius 3 is 2.38 bits per heavy atom. The molecule has 1 aliphatic rings. The predicted octanol–water partition coefficient (Wildman–Crippen LogP) is 3.48. The summed E-state index contributed by atoms with van der Waals surface area (Å²) in [5, 5.41) is 1.80. The molecule has 122 valence electrons. The van der Waals surface area contributed by atoms with Crippen molar-refractivity contribution < 1.29 is 8.42 Å². The fraction of sp³-hybridized carbons (Fsp3) is 0.158. The maximum Gasteiger partial charge on any atom is 0.265 e. The molecule has 0 atom stereocenters. The van der Waals surface area contributed by atoms with E-state index in [4.69, 9.17) is 0 Å². The number of rotatable bonds is 4. The van der Waals surface area contributed by atoms with Gasteiger partial charge in [0.25, 0.3) is 10.0 Å². The fourth-order valence-electron chi connectivity index (χ4n) is 3.25. The van der Waals surface area contributed by atoms with Crippen LogP contribution < -0.4 is 9.21 Å². The summed E-state index contributed by atoms with van der Waals surface area (Å²) in [4.78, 5) is 2.48. The summed E-state index contributed by atoms with van der Waals surface area (Å²) in [5.74, 6) is 0. The first-order valence-electron chi connectivity index (χ1n) is 7.90. The molecule has 0 aromatic heterocycles. The number of para-hydroxylation sites is 1. The summed E-state index contributed by atoms with van der Waals surface area (Å²) in [6, 6.07) is 21.2. The van der Waals surface area contributed by atoms with Gasteiger partial charge in [0, 0.05) is 24.7 Å². The molecule has 0 saturated heterocycles. The van der Waals surface area contributed by atoms with Gasteiger partial charge >= 0.3 is 0 Å². The Morgan fingerprint density at radius 1 is 0.917 bits per heavy atom. The molecule has 5 heteroatoms. The van der Waals surface area contributed by atoms with E-state index in [2.05, 4.69) is 4.90 Å². The average molecular weight is 338 g/mol. The van der Waals surface area contributed by atoms with E-state index in [1.807, 2.05) is 61.6 Å². The highest BCUT2D eigenvalue weighted by Gasteiger charge is 2.35. The van der Waals surface area contributed by atoms with Crippen molar-refractivity contribution in [3.8, 4) is 0 Å². The second-order valence-electron chi connectivity index (χ2n) is 5.97. The summed E-state index contributed by atoms with van der Waals surface area (Å²) in [6.45, 7) is 1.04. The van der Waals surface area contributed by atoms with Gasteiger partial charge in [0.2, 0.25) is 0 Å². The molecule has 0 fully saturated rings. The van der Waals surface area contributed by atoms with Crippen LogP contribution in [0.25, 0.3) is 10.8 Å². The van der Waals surface area contributed by atoms with Gasteiger partial charge in [0.05, 0.1) is 17.1 Å². The third-order valence-electron chi connectivity index (χ3n) is 4.52. The van der Waals surface area contributed by atoms with E-state index < -0.39 is 10.0 Å². The topological polar surface area (TPSA) is 40.6 Å². The van der Waals surface area contributed by atoms with Gasteiger partial charge in [-0.05, 0) is 29.7 Å². The van der Waals surface area contributed by atoms with Gasteiger partial charge in [0.1, 0.15) is 0 Å². The van der Waals surface area contributed by atoms with E-state index in [0.29, 0.717) is 18.0 Å². The van der Waals surface area contributed by atoms with Crippen molar-refractivity contribution in [1.29, 1.82) is 0 Å². The molecule has 4 rings (SSSR count). The van der Waals surface area contributed by atoms with Crippen LogP contribution in [0.3, 0.4) is 0 Å². The van der Waals surface area contributed by atoms with Crippen molar-refractivity contribution in [3.63, 3.8) is 0 Å². The zero-order valence-corrected chi connectivity index (χ0v) is 14.2. The molecule has 1 heterocycles. The van der Waals surface area contributed by atoms with Gasteiger partial charge in [-0.3, -0.25) is 4.31 Å². The zero-order valence-electron chi connectivity index (χ0n) is 13.4. The first-order chi connectivity index (χ1) is 11.6. The Bertz CT molecular complexity index is 995. The predicted molar refractivity (Wildman–Crippen MR) is 98.2 cm³/mol. The van der Waals surface area contributed by atoms with E-state index in [1.165, 1.54) is 4.31 Å². The summed E-state index contributed by atoms with van der Waals surface area (Å²) in [5.41, 5.74) is 1.86. The first kappa shape index (κ1) is 15.0. The monoisotopic (exact) mass is 338 g/mol. The Balaban J connectivity index is 1.67. The van der Waals surface area contributed by atoms with Gasteiger partial charge < -0.3 is 4.90 Å². The summed E-state index contributed by atoms with van der Waals surface area (Å²) >= 11 is 0. The number of benzene rings is 3. The van der Waals surface area contributed by atoms with E-state index in [1.54, 1.807) is 12.1 Å². The molecule has 0 spiro atoms. The van der Waals surface area contributed by atoms with Gasteiger partial charge in [-0.15, -0.1) is 0 Å². The maximum absolute atomic E-state index is 12.9.